The molecule has 0 spiro atoms. The quantitative estimate of drug-likeness (QED) is 0.302. The number of hydrogen-bond acceptors (Lipinski definition) is 2. The molecule has 1 unspecified atom stereocenters. The van der Waals surface area contributed by atoms with Crippen LogP contribution in [0.4, 0.5) is 4.79 Å². The molecule has 0 saturated carbocycles. The second kappa shape index (κ2) is 3.60. The van der Waals surface area contributed by atoms with E-state index in [1.807, 2.05) is 0 Å². The van der Waals surface area contributed by atoms with Gasteiger partial charge in [0.15, 0.2) is 0 Å². The van der Waals surface area contributed by atoms with Crippen LogP contribution in [0, 0.1) is 5.92 Å². The molecule has 0 saturated heterocycles. The zero-order chi connectivity index (χ0) is 8.15. The molecule has 5 heteroatoms. The number of primary amides is 1. The first-order chi connectivity index (χ1) is 4.57. The first-order valence-corrected chi connectivity index (χ1v) is 2.66. The van der Waals surface area contributed by atoms with Gasteiger partial charge in [-0.3, -0.25) is 0 Å². The molecule has 0 aliphatic carbocycles. The number of carbonyl (C=O) groups is 2. The van der Waals surface area contributed by atoms with Gasteiger partial charge in [-0.15, -0.1) is 0 Å². The number of hydrogen-bond donors (Lipinski definition) is 2. The summed E-state index contributed by atoms with van der Waals surface area (Å²) in [6, 6.07) is -0.883. The Kier molecular flexibility index (Phi) is 3.10. The molecular formula is C5H9N3O2. The van der Waals surface area contributed by atoms with E-state index in [4.69, 9.17) is 5.73 Å². The summed E-state index contributed by atoms with van der Waals surface area (Å²) in [6.07, 6.45) is 0.585. The summed E-state index contributed by atoms with van der Waals surface area (Å²) in [5, 5.41) is 0. The number of aliphatic imine (C=N–C) groups is 1. The molecule has 0 radical (unpaired) electrons. The largest absolute Gasteiger partial charge is 0.386 e. The summed E-state index contributed by atoms with van der Waals surface area (Å²) < 4.78 is 0. The molecule has 0 aliphatic heterocycles. The van der Waals surface area contributed by atoms with E-state index in [0.29, 0.717) is 6.29 Å². The van der Waals surface area contributed by atoms with Crippen LogP contribution in [-0.4, -0.2) is 18.2 Å². The Bertz CT molecular complexity index is 176. The Balaban J connectivity index is 4.18. The molecule has 2 amide bonds. The topological polar surface area (TPSA) is 98.5 Å². The molecule has 56 valence electrons. The number of amidine groups is 1. The van der Waals surface area contributed by atoms with Crippen LogP contribution in [0.1, 0.15) is 6.92 Å². The van der Waals surface area contributed by atoms with Crippen molar-refractivity contribution in [3.63, 3.8) is 0 Å². The van der Waals surface area contributed by atoms with Crippen molar-refractivity contribution in [2.24, 2.45) is 22.4 Å². The van der Waals surface area contributed by atoms with Gasteiger partial charge in [0.1, 0.15) is 12.1 Å². The molecule has 0 aliphatic rings. The number of amides is 2. The van der Waals surface area contributed by atoms with E-state index in [1.54, 1.807) is 0 Å². The van der Waals surface area contributed by atoms with Crippen LogP contribution in [0.25, 0.3) is 0 Å². The van der Waals surface area contributed by atoms with Crippen LogP contribution < -0.4 is 11.5 Å². The van der Waals surface area contributed by atoms with Crippen molar-refractivity contribution < 1.29 is 9.59 Å². The van der Waals surface area contributed by atoms with Gasteiger partial charge in [0.25, 0.3) is 0 Å². The summed E-state index contributed by atoms with van der Waals surface area (Å²) in [5.74, 6) is -0.602. The van der Waals surface area contributed by atoms with Crippen molar-refractivity contribution in [2.45, 2.75) is 6.92 Å². The van der Waals surface area contributed by atoms with Crippen molar-refractivity contribution in [3.05, 3.63) is 0 Å². The van der Waals surface area contributed by atoms with Crippen molar-refractivity contribution in [1.82, 2.24) is 0 Å². The van der Waals surface area contributed by atoms with Crippen molar-refractivity contribution in [2.75, 3.05) is 0 Å². The van der Waals surface area contributed by atoms with Crippen LogP contribution in [0.2, 0.25) is 0 Å². The molecule has 0 aromatic rings. The fourth-order valence-corrected chi connectivity index (χ4v) is 0.299. The molecule has 1 atom stereocenters. The fraction of sp³-hybridized carbons (Fsp3) is 0.400. The lowest BCUT2D eigenvalue weighted by atomic mass is 10.2. The third kappa shape index (κ3) is 2.81. The number of nitrogens with two attached hydrogens (primary N) is 2. The number of aldehydes is 1. The van der Waals surface area contributed by atoms with E-state index >= 15 is 0 Å². The zero-order valence-electron chi connectivity index (χ0n) is 5.57. The SMILES string of the molecule is CC(C=O)C(N)=NC(N)=O. The molecule has 4 N–H and O–H groups in total. The highest BCUT2D eigenvalue weighted by Crippen LogP contribution is 1.88. The third-order valence-electron chi connectivity index (χ3n) is 0.910. The maximum absolute atomic E-state index is 10.1. The van der Waals surface area contributed by atoms with Crippen molar-refractivity contribution >= 4 is 18.2 Å². The smallest absolute Gasteiger partial charge is 0.340 e. The first kappa shape index (κ1) is 8.61. The van der Waals surface area contributed by atoms with E-state index in [0.717, 1.165) is 0 Å². The lowest BCUT2D eigenvalue weighted by Crippen LogP contribution is -2.25. The van der Waals surface area contributed by atoms with Gasteiger partial charge in [-0.25, -0.2) is 4.79 Å². The van der Waals surface area contributed by atoms with Crippen molar-refractivity contribution in [3.8, 4) is 0 Å². The average Bonchev–Trinajstić information content (AvgIpc) is 1.85. The number of rotatable bonds is 2. The van der Waals surface area contributed by atoms with Crippen LogP contribution in [-0.2, 0) is 4.79 Å². The van der Waals surface area contributed by atoms with E-state index in [-0.39, 0.29) is 5.84 Å². The highest BCUT2D eigenvalue weighted by atomic mass is 16.2. The van der Waals surface area contributed by atoms with Crippen LogP contribution in [0.5, 0.6) is 0 Å². The molecule has 0 bridgehead atoms. The summed E-state index contributed by atoms with van der Waals surface area (Å²) in [4.78, 5) is 23.2. The predicted molar refractivity (Wildman–Crippen MR) is 36.4 cm³/mol. The summed E-state index contributed by atoms with van der Waals surface area (Å²) in [5.41, 5.74) is 9.81. The van der Waals surface area contributed by atoms with Crippen LogP contribution in [0.3, 0.4) is 0 Å². The fourth-order valence-electron chi connectivity index (χ4n) is 0.299. The van der Waals surface area contributed by atoms with Gasteiger partial charge in [-0.1, -0.05) is 0 Å². The van der Waals surface area contributed by atoms with Gasteiger partial charge in [-0.05, 0) is 6.92 Å². The van der Waals surface area contributed by atoms with E-state index in [2.05, 4.69) is 10.7 Å². The molecule has 0 fully saturated rings. The monoisotopic (exact) mass is 143 g/mol. The normalized spacial score (nSPS) is 14.3. The van der Waals surface area contributed by atoms with Gasteiger partial charge in [0, 0.05) is 0 Å². The second-order valence-electron chi connectivity index (χ2n) is 1.80. The maximum atomic E-state index is 10.1. The first-order valence-electron chi connectivity index (χ1n) is 2.66. The van der Waals surface area contributed by atoms with E-state index < -0.39 is 11.9 Å². The molecule has 0 aromatic carbocycles. The van der Waals surface area contributed by atoms with Gasteiger partial charge in [0.05, 0.1) is 5.92 Å². The number of carbonyl (C=O) groups excluding carboxylic acids is 2. The van der Waals surface area contributed by atoms with Gasteiger partial charge in [-0.2, -0.15) is 4.99 Å². The standard InChI is InChI=1S/C5H9N3O2/c1-3(2-9)4(6)8-5(7)10/h2-3H,1H3,(H4,6,7,8,10). The van der Waals surface area contributed by atoms with Gasteiger partial charge >= 0.3 is 6.03 Å². The minimum absolute atomic E-state index is 0.0532. The highest BCUT2D eigenvalue weighted by molar-refractivity contribution is 6.00. The Morgan fingerprint density at radius 2 is 2.10 bits per heavy atom. The Labute approximate surface area is 58.1 Å². The molecular weight excluding hydrogens is 134 g/mol. The Morgan fingerprint density at radius 1 is 1.60 bits per heavy atom. The summed E-state index contributed by atoms with van der Waals surface area (Å²) in [7, 11) is 0. The molecule has 0 rings (SSSR count). The molecule has 10 heavy (non-hydrogen) atoms. The van der Waals surface area contributed by atoms with E-state index in [1.165, 1.54) is 6.92 Å². The summed E-state index contributed by atoms with van der Waals surface area (Å²) in [6.45, 7) is 1.52. The Hall–Kier alpha value is -1.39. The average molecular weight is 143 g/mol. The Morgan fingerprint density at radius 3 is 2.40 bits per heavy atom. The third-order valence-corrected chi connectivity index (χ3v) is 0.910. The minimum atomic E-state index is -0.883. The highest BCUT2D eigenvalue weighted by Gasteiger charge is 2.04. The zero-order valence-corrected chi connectivity index (χ0v) is 5.57. The predicted octanol–water partition coefficient (Wildman–Crippen LogP) is -0.743. The van der Waals surface area contributed by atoms with Crippen molar-refractivity contribution in [1.29, 1.82) is 0 Å². The summed E-state index contributed by atoms with van der Waals surface area (Å²) >= 11 is 0. The van der Waals surface area contributed by atoms with Crippen LogP contribution in [0.15, 0.2) is 4.99 Å². The lowest BCUT2D eigenvalue weighted by Gasteiger charge is -1.98. The van der Waals surface area contributed by atoms with Gasteiger partial charge < -0.3 is 16.3 Å². The minimum Gasteiger partial charge on any atom is -0.386 e. The second-order valence-corrected chi connectivity index (χ2v) is 1.80. The maximum Gasteiger partial charge on any atom is 0.340 e. The number of nitrogens with zero attached hydrogens (tertiary/aromatic N) is 1. The molecule has 0 aromatic heterocycles. The van der Waals surface area contributed by atoms with E-state index in [9.17, 15) is 9.59 Å². The lowest BCUT2D eigenvalue weighted by molar-refractivity contribution is -0.109. The molecule has 0 heterocycles. The molecule has 5 nitrogen and oxygen atoms in total. The van der Waals surface area contributed by atoms with Gasteiger partial charge in [0.2, 0.25) is 0 Å². The number of urea groups is 1. The van der Waals surface area contributed by atoms with Crippen LogP contribution >= 0.6 is 0 Å².